The Hall–Kier alpha value is -3.36. The van der Waals surface area contributed by atoms with Gasteiger partial charge in [-0.3, -0.25) is 14.4 Å². The highest BCUT2D eigenvalue weighted by molar-refractivity contribution is 6.00. The zero-order chi connectivity index (χ0) is 27.8. The molecule has 204 valence electrons. The number of carbonyl (C=O) groups excluding carboxylic acids is 3. The number of benzene rings is 2. The van der Waals surface area contributed by atoms with Crippen LogP contribution >= 0.6 is 0 Å². The molecule has 4 rings (SSSR count). The van der Waals surface area contributed by atoms with Crippen molar-refractivity contribution in [1.29, 1.82) is 0 Å². The van der Waals surface area contributed by atoms with Crippen LogP contribution in [0.25, 0.3) is 0 Å². The van der Waals surface area contributed by atoms with Gasteiger partial charge in [-0.25, -0.2) is 0 Å². The van der Waals surface area contributed by atoms with Crippen molar-refractivity contribution in [2.24, 2.45) is 11.8 Å². The highest BCUT2D eigenvalue weighted by atomic mass is 19.4. The van der Waals surface area contributed by atoms with E-state index in [1.165, 1.54) is 17.0 Å². The number of carbonyl (C=O) groups is 3. The first-order chi connectivity index (χ1) is 17.9. The number of fused-ring (bicyclic) bond motifs is 1. The lowest BCUT2D eigenvalue weighted by Gasteiger charge is -2.45. The number of hydrogen-bond acceptors (Lipinski definition) is 3. The first kappa shape index (κ1) is 27.7. The number of alkyl halides is 3. The number of halogens is 3. The number of rotatable bonds is 7. The predicted octanol–water partition coefficient (Wildman–Crippen LogP) is 4.43. The molecule has 1 aliphatic carbocycles. The van der Waals surface area contributed by atoms with Gasteiger partial charge in [0, 0.05) is 6.04 Å². The molecule has 1 aliphatic heterocycles. The Morgan fingerprint density at radius 1 is 1.00 bits per heavy atom. The van der Waals surface area contributed by atoms with Crippen LogP contribution in [-0.4, -0.2) is 40.7 Å². The molecule has 6 nitrogen and oxygen atoms in total. The number of piperazine rings is 1. The molecule has 1 saturated heterocycles. The number of amides is 3. The SMILES string of the molecule is CC(C)CC1C(=O)NC(C2Cc3ccccc3C2)C(=O)N1C(C(=O)NC(C)C)c1ccc(C(F)(F)F)cc1. The van der Waals surface area contributed by atoms with Crippen LogP contribution in [0.3, 0.4) is 0 Å². The fourth-order valence-electron chi connectivity index (χ4n) is 5.53. The van der Waals surface area contributed by atoms with E-state index in [4.69, 9.17) is 0 Å². The van der Waals surface area contributed by atoms with Gasteiger partial charge in [0.25, 0.3) is 0 Å². The summed E-state index contributed by atoms with van der Waals surface area (Å²) in [6, 6.07) is 8.81. The van der Waals surface area contributed by atoms with Crippen molar-refractivity contribution in [3.8, 4) is 0 Å². The minimum absolute atomic E-state index is 0.0229. The lowest BCUT2D eigenvalue weighted by atomic mass is 9.87. The monoisotopic (exact) mass is 529 g/mol. The molecule has 0 aromatic heterocycles. The first-order valence-electron chi connectivity index (χ1n) is 13.0. The number of hydrogen-bond donors (Lipinski definition) is 2. The topological polar surface area (TPSA) is 78.5 Å². The van der Waals surface area contributed by atoms with Crippen molar-refractivity contribution >= 4 is 17.7 Å². The minimum Gasteiger partial charge on any atom is -0.352 e. The predicted molar refractivity (Wildman–Crippen MR) is 137 cm³/mol. The Morgan fingerprint density at radius 2 is 1.58 bits per heavy atom. The maximum atomic E-state index is 14.2. The largest absolute Gasteiger partial charge is 0.416 e. The van der Waals surface area contributed by atoms with Crippen LogP contribution in [0.5, 0.6) is 0 Å². The third kappa shape index (κ3) is 5.71. The molecule has 1 heterocycles. The summed E-state index contributed by atoms with van der Waals surface area (Å²) in [4.78, 5) is 42.6. The zero-order valence-electron chi connectivity index (χ0n) is 22.0. The Labute approximate surface area is 221 Å². The molecule has 3 unspecified atom stereocenters. The third-order valence-electron chi connectivity index (χ3n) is 7.22. The van der Waals surface area contributed by atoms with Crippen LogP contribution < -0.4 is 10.6 Å². The summed E-state index contributed by atoms with van der Waals surface area (Å²) in [5, 5.41) is 5.74. The second-order valence-corrected chi connectivity index (χ2v) is 11.0. The van der Waals surface area contributed by atoms with Crippen molar-refractivity contribution in [2.75, 3.05) is 0 Å². The van der Waals surface area contributed by atoms with Gasteiger partial charge in [0.05, 0.1) is 5.56 Å². The molecule has 0 spiro atoms. The van der Waals surface area contributed by atoms with Gasteiger partial charge in [-0.2, -0.15) is 13.2 Å². The molecule has 1 fully saturated rings. The second kappa shape index (κ2) is 10.8. The van der Waals surface area contributed by atoms with E-state index in [1.807, 2.05) is 38.1 Å². The van der Waals surface area contributed by atoms with Crippen molar-refractivity contribution in [1.82, 2.24) is 15.5 Å². The minimum atomic E-state index is -4.54. The summed E-state index contributed by atoms with van der Waals surface area (Å²) in [6.45, 7) is 7.35. The number of nitrogens with one attached hydrogen (secondary N) is 2. The standard InChI is InChI=1S/C29H34F3N3O3/c1-16(2)13-23-26(36)34-24(21-14-19-7-5-6-8-20(19)15-21)28(38)35(23)25(27(37)33-17(3)4)18-9-11-22(12-10-18)29(30,31)32/h5-12,16-17,21,23-25H,13-15H2,1-4H3,(H,33,37)(H,34,36). The molecule has 2 aromatic carbocycles. The lowest BCUT2D eigenvalue weighted by molar-refractivity contribution is -0.158. The van der Waals surface area contributed by atoms with Crippen molar-refractivity contribution < 1.29 is 27.6 Å². The summed E-state index contributed by atoms with van der Waals surface area (Å²) in [6.07, 6.45) is -3.02. The zero-order valence-corrected chi connectivity index (χ0v) is 22.0. The third-order valence-corrected chi connectivity index (χ3v) is 7.22. The highest BCUT2D eigenvalue weighted by Gasteiger charge is 2.49. The number of nitrogens with zero attached hydrogens (tertiary/aromatic N) is 1. The van der Waals surface area contributed by atoms with E-state index in [9.17, 15) is 27.6 Å². The quantitative estimate of drug-likeness (QED) is 0.557. The Kier molecular flexibility index (Phi) is 7.85. The van der Waals surface area contributed by atoms with E-state index in [1.54, 1.807) is 13.8 Å². The van der Waals surface area contributed by atoms with Gasteiger partial charge in [-0.15, -0.1) is 0 Å². The summed E-state index contributed by atoms with van der Waals surface area (Å²) in [7, 11) is 0. The normalized spacial score (nSPS) is 21.0. The first-order valence-corrected chi connectivity index (χ1v) is 13.0. The second-order valence-electron chi connectivity index (χ2n) is 11.0. The molecule has 38 heavy (non-hydrogen) atoms. The van der Waals surface area contributed by atoms with E-state index in [0.29, 0.717) is 19.3 Å². The molecule has 9 heteroatoms. The van der Waals surface area contributed by atoms with Crippen LogP contribution in [0.4, 0.5) is 13.2 Å². The molecule has 0 radical (unpaired) electrons. The molecule has 2 aromatic rings. The van der Waals surface area contributed by atoms with Crippen molar-refractivity contribution in [2.45, 2.75) is 77.3 Å². The van der Waals surface area contributed by atoms with Crippen LogP contribution in [-0.2, 0) is 33.4 Å². The van der Waals surface area contributed by atoms with E-state index in [-0.39, 0.29) is 29.3 Å². The van der Waals surface area contributed by atoms with Crippen molar-refractivity contribution in [3.05, 3.63) is 70.8 Å². The molecule has 3 amide bonds. The van der Waals surface area contributed by atoms with Gasteiger partial charge in [-0.1, -0.05) is 50.2 Å². The van der Waals surface area contributed by atoms with Gasteiger partial charge in [-0.05, 0) is 73.8 Å². The average Bonchev–Trinajstić information content (AvgIpc) is 3.26. The fourth-order valence-corrected chi connectivity index (χ4v) is 5.53. The molecule has 0 bridgehead atoms. The highest BCUT2D eigenvalue weighted by Crippen LogP contribution is 2.36. The average molecular weight is 530 g/mol. The fraction of sp³-hybridized carbons (Fsp3) is 0.483. The summed E-state index contributed by atoms with van der Waals surface area (Å²) >= 11 is 0. The van der Waals surface area contributed by atoms with Gasteiger partial charge in [0.2, 0.25) is 17.7 Å². The van der Waals surface area contributed by atoms with E-state index < -0.39 is 41.7 Å². The van der Waals surface area contributed by atoms with Gasteiger partial charge >= 0.3 is 6.18 Å². The molecule has 0 saturated carbocycles. The Morgan fingerprint density at radius 3 is 2.08 bits per heavy atom. The van der Waals surface area contributed by atoms with Crippen LogP contribution in [0, 0.1) is 11.8 Å². The molecule has 2 aliphatic rings. The summed E-state index contributed by atoms with van der Waals surface area (Å²) < 4.78 is 39.8. The van der Waals surface area contributed by atoms with E-state index >= 15 is 0 Å². The molecular weight excluding hydrogens is 495 g/mol. The van der Waals surface area contributed by atoms with Gasteiger partial charge in [0.15, 0.2) is 0 Å². The molecule has 3 atom stereocenters. The van der Waals surface area contributed by atoms with E-state index in [2.05, 4.69) is 10.6 Å². The van der Waals surface area contributed by atoms with Crippen LogP contribution in [0.1, 0.15) is 62.4 Å². The summed E-state index contributed by atoms with van der Waals surface area (Å²) in [5.74, 6) is -1.45. The van der Waals surface area contributed by atoms with Crippen LogP contribution in [0.15, 0.2) is 48.5 Å². The Balaban J connectivity index is 1.76. The summed E-state index contributed by atoms with van der Waals surface area (Å²) in [5.41, 5.74) is 1.60. The molecule has 2 N–H and O–H groups in total. The Bertz CT molecular complexity index is 1170. The van der Waals surface area contributed by atoms with Crippen molar-refractivity contribution in [3.63, 3.8) is 0 Å². The maximum Gasteiger partial charge on any atom is 0.416 e. The maximum absolute atomic E-state index is 14.2. The lowest BCUT2D eigenvalue weighted by Crippen LogP contribution is -2.67. The van der Waals surface area contributed by atoms with Crippen LogP contribution in [0.2, 0.25) is 0 Å². The smallest absolute Gasteiger partial charge is 0.352 e. The molecular formula is C29H34F3N3O3. The van der Waals surface area contributed by atoms with E-state index in [0.717, 1.165) is 23.3 Å². The van der Waals surface area contributed by atoms with Gasteiger partial charge < -0.3 is 15.5 Å². The van der Waals surface area contributed by atoms with Gasteiger partial charge in [0.1, 0.15) is 18.1 Å².